The Bertz CT molecular complexity index is 4090. The smallest absolute Gasteiger partial charge is 0.132 e. The first-order valence-electron chi connectivity index (χ1n) is 25.1. The highest BCUT2D eigenvalue weighted by Gasteiger charge is 2.50. The van der Waals surface area contributed by atoms with Crippen LogP contribution in [-0.4, -0.2) is 0 Å². The molecule has 15 rings (SSSR count). The molecule has 12 aromatic carbocycles. The molecule has 2 aliphatic heterocycles. The molecule has 12 aromatic rings. The quantitative estimate of drug-likeness (QED) is 0.165. The molecule has 2 nitrogen and oxygen atoms in total. The van der Waals surface area contributed by atoms with Crippen molar-refractivity contribution in [1.82, 2.24) is 0 Å². The summed E-state index contributed by atoms with van der Waals surface area (Å²) >= 11 is 1.86. The molecular weight excluding hydrogens is 903 g/mol. The van der Waals surface area contributed by atoms with Gasteiger partial charge in [-0.2, -0.15) is 0 Å². The summed E-state index contributed by atoms with van der Waals surface area (Å²) in [4.78, 5) is 5.03. The van der Waals surface area contributed by atoms with Gasteiger partial charge in [0.15, 0.2) is 0 Å². The Hall–Kier alpha value is -8.89. The number of anilines is 3. The molecule has 0 atom stereocenters. The normalized spacial score (nSPS) is 14.0. The molecule has 342 valence electrons. The minimum Gasteiger partial charge on any atom is -0.457 e. The fraction of sp³-hybridized carbons (Fsp3) is 0.0286. The predicted molar refractivity (Wildman–Crippen MR) is 301 cm³/mol. The maximum Gasteiger partial charge on any atom is 0.132 e. The maximum absolute atomic E-state index is 7.09. The SMILES string of the molecule is c1ccc(C2(c3ccccc3)c3ccccc3-c3c(N(c4cccc(-c5ccc6c(c5)C5(c7cc8ccccc8cc7O6)c6ccccc6Sc6ccccc65)c4)c4cccc5ccccc45)cccc32)cc1. The van der Waals surface area contributed by atoms with Crippen molar-refractivity contribution in [3.05, 3.63) is 317 Å². The van der Waals surface area contributed by atoms with Crippen LogP contribution >= 0.6 is 11.8 Å². The molecule has 0 bridgehead atoms. The number of hydrogen-bond donors (Lipinski definition) is 0. The van der Waals surface area contributed by atoms with E-state index in [1.54, 1.807) is 0 Å². The lowest BCUT2D eigenvalue weighted by atomic mass is 9.63. The molecule has 0 N–H and O–H groups in total. The van der Waals surface area contributed by atoms with E-state index in [9.17, 15) is 0 Å². The zero-order chi connectivity index (χ0) is 48.1. The van der Waals surface area contributed by atoms with Gasteiger partial charge in [0.2, 0.25) is 0 Å². The average molecular weight is 948 g/mol. The summed E-state index contributed by atoms with van der Waals surface area (Å²) in [5.41, 5.74) is 16.7. The standard InChI is InChI=1S/C70H45NOS/c1-3-25-51(26-4-1)69(52-27-5-2-6-28-52)56-32-12-11-31-55(56)68-59(69)35-19-37-63(68)71(62-36-18-23-46-20-9-10-30-54(46)62)53-29-17-24-47(42-53)50-40-41-64-60(44-50)70(61-43-48-21-7-8-22-49(48)45-65(61)72-64)57-33-13-15-38-66(57)73-67-39-16-14-34-58(67)70/h1-45H. The predicted octanol–water partition coefficient (Wildman–Crippen LogP) is 18.4. The number of rotatable bonds is 6. The minimum absolute atomic E-state index is 0.544. The Morgan fingerprint density at radius 1 is 0.329 bits per heavy atom. The topological polar surface area (TPSA) is 12.5 Å². The number of benzene rings is 12. The Labute approximate surface area is 429 Å². The van der Waals surface area contributed by atoms with Crippen LogP contribution in [0.2, 0.25) is 0 Å². The minimum atomic E-state index is -0.643. The van der Waals surface area contributed by atoms with Crippen molar-refractivity contribution in [3.63, 3.8) is 0 Å². The van der Waals surface area contributed by atoms with Crippen LogP contribution in [0.5, 0.6) is 11.5 Å². The zero-order valence-electron chi connectivity index (χ0n) is 39.7. The molecular formula is C70H45NOS. The fourth-order valence-corrected chi connectivity index (χ4v) is 14.0. The van der Waals surface area contributed by atoms with E-state index in [0.29, 0.717) is 0 Å². The summed E-state index contributed by atoms with van der Waals surface area (Å²) in [6.07, 6.45) is 0. The number of ether oxygens (including phenoxy) is 1. The van der Waals surface area contributed by atoms with Gasteiger partial charge in [-0.05, 0) is 127 Å². The van der Waals surface area contributed by atoms with Gasteiger partial charge in [-0.1, -0.05) is 224 Å². The molecule has 0 unspecified atom stereocenters. The van der Waals surface area contributed by atoms with E-state index in [2.05, 4.69) is 278 Å². The van der Waals surface area contributed by atoms with Gasteiger partial charge in [-0.3, -0.25) is 0 Å². The Balaban J connectivity index is 0.973. The van der Waals surface area contributed by atoms with E-state index in [1.165, 1.54) is 70.5 Å². The van der Waals surface area contributed by atoms with Crippen molar-refractivity contribution in [2.75, 3.05) is 4.90 Å². The number of fused-ring (bicyclic) bond motifs is 13. The molecule has 1 aliphatic carbocycles. The highest BCUT2D eigenvalue weighted by atomic mass is 32.2. The number of nitrogens with zero attached hydrogens (tertiary/aromatic N) is 1. The lowest BCUT2D eigenvalue weighted by Crippen LogP contribution is -2.36. The molecule has 0 saturated carbocycles. The molecule has 1 spiro atoms. The van der Waals surface area contributed by atoms with Crippen molar-refractivity contribution in [2.45, 2.75) is 20.6 Å². The van der Waals surface area contributed by atoms with Crippen LogP contribution in [0, 0.1) is 0 Å². The first-order valence-corrected chi connectivity index (χ1v) is 26.0. The van der Waals surface area contributed by atoms with Gasteiger partial charge < -0.3 is 9.64 Å². The highest BCUT2D eigenvalue weighted by molar-refractivity contribution is 7.99. The Kier molecular flexibility index (Phi) is 9.36. The van der Waals surface area contributed by atoms with E-state index >= 15 is 0 Å². The molecule has 0 radical (unpaired) electrons. The molecule has 2 heterocycles. The molecule has 73 heavy (non-hydrogen) atoms. The lowest BCUT2D eigenvalue weighted by molar-refractivity contribution is 0.432. The van der Waals surface area contributed by atoms with Crippen LogP contribution in [0.1, 0.15) is 44.5 Å². The fourth-order valence-electron chi connectivity index (χ4n) is 12.8. The average Bonchev–Trinajstić information content (AvgIpc) is 3.77. The molecule has 0 fully saturated rings. The van der Waals surface area contributed by atoms with Gasteiger partial charge in [0, 0.05) is 37.6 Å². The van der Waals surface area contributed by atoms with Crippen molar-refractivity contribution < 1.29 is 4.74 Å². The van der Waals surface area contributed by atoms with E-state index < -0.39 is 10.8 Å². The molecule has 3 aliphatic rings. The van der Waals surface area contributed by atoms with Gasteiger partial charge in [0.05, 0.1) is 22.2 Å². The summed E-state index contributed by atoms with van der Waals surface area (Å²) in [6.45, 7) is 0. The Morgan fingerprint density at radius 2 is 0.877 bits per heavy atom. The second-order valence-corrected chi connectivity index (χ2v) is 20.5. The largest absolute Gasteiger partial charge is 0.457 e. The van der Waals surface area contributed by atoms with Gasteiger partial charge in [-0.25, -0.2) is 0 Å². The van der Waals surface area contributed by atoms with E-state index in [1.807, 2.05) is 11.8 Å². The van der Waals surface area contributed by atoms with Crippen LogP contribution < -0.4 is 9.64 Å². The summed E-state index contributed by atoms with van der Waals surface area (Å²) in [5, 5.41) is 4.73. The second kappa shape index (κ2) is 16.3. The van der Waals surface area contributed by atoms with Crippen LogP contribution in [0.3, 0.4) is 0 Å². The highest BCUT2D eigenvalue weighted by Crippen LogP contribution is 2.63. The maximum atomic E-state index is 7.09. The molecule has 0 aromatic heterocycles. The number of hydrogen-bond acceptors (Lipinski definition) is 3. The summed E-state index contributed by atoms with van der Waals surface area (Å²) in [5.74, 6) is 1.76. The third kappa shape index (κ3) is 6.07. The molecule has 3 heteroatoms. The monoisotopic (exact) mass is 947 g/mol. The summed E-state index contributed by atoms with van der Waals surface area (Å²) < 4.78 is 7.09. The summed E-state index contributed by atoms with van der Waals surface area (Å²) in [6, 6.07) is 101. The van der Waals surface area contributed by atoms with Crippen molar-refractivity contribution in [1.29, 1.82) is 0 Å². The molecule has 0 saturated heterocycles. The van der Waals surface area contributed by atoms with Crippen LogP contribution in [0.4, 0.5) is 17.1 Å². The first kappa shape index (κ1) is 41.9. The van der Waals surface area contributed by atoms with E-state index in [4.69, 9.17) is 4.74 Å². The second-order valence-electron chi connectivity index (χ2n) is 19.5. The third-order valence-corrected chi connectivity index (χ3v) is 17.0. The van der Waals surface area contributed by atoms with Crippen molar-refractivity contribution >= 4 is 50.4 Å². The van der Waals surface area contributed by atoms with Crippen LogP contribution in [-0.2, 0) is 10.8 Å². The van der Waals surface area contributed by atoms with Crippen molar-refractivity contribution in [3.8, 4) is 33.8 Å². The van der Waals surface area contributed by atoms with Gasteiger partial charge >= 0.3 is 0 Å². The lowest BCUT2D eigenvalue weighted by Gasteiger charge is -2.45. The molecule has 0 amide bonds. The summed E-state index contributed by atoms with van der Waals surface area (Å²) in [7, 11) is 0. The van der Waals surface area contributed by atoms with Crippen LogP contribution in [0.25, 0.3) is 43.8 Å². The van der Waals surface area contributed by atoms with E-state index in [0.717, 1.165) is 56.2 Å². The first-order chi connectivity index (χ1) is 36.2. The van der Waals surface area contributed by atoms with Gasteiger partial charge in [0.1, 0.15) is 11.5 Å². The van der Waals surface area contributed by atoms with Gasteiger partial charge in [0.25, 0.3) is 0 Å². The van der Waals surface area contributed by atoms with E-state index in [-0.39, 0.29) is 0 Å². The van der Waals surface area contributed by atoms with Crippen LogP contribution in [0.15, 0.2) is 283 Å². The van der Waals surface area contributed by atoms with Crippen molar-refractivity contribution in [2.24, 2.45) is 0 Å². The zero-order valence-corrected chi connectivity index (χ0v) is 40.6. The third-order valence-electron chi connectivity index (χ3n) is 15.8. The van der Waals surface area contributed by atoms with Gasteiger partial charge in [-0.15, -0.1) is 0 Å². The Morgan fingerprint density at radius 3 is 1.63 bits per heavy atom.